The van der Waals surface area contributed by atoms with E-state index >= 15 is 0 Å². The standard InChI is InChI=1S/C33H35F6N3O2/c34-32(35,36)26-18-25(19-27(20-26)33(37,38)39)31(44)42-12-11-28(21-29(42)17-23-7-3-1-4-8-23)40-13-15-41(16-14-40)30(22-43)24-9-5-2-6-10-24/h1-10,18-20,28-30,43H,11-17,21-22H2. The van der Waals surface area contributed by atoms with E-state index in [-0.39, 0.29) is 31.3 Å². The summed E-state index contributed by atoms with van der Waals surface area (Å²) in [5.41, 5.74) is -1.65. The zero-order chi connectivity index (χ0) is 31.5. The van der Waals surface area contributed by atoms with Crippen LogP contribution in [-0.4, -0.2) is 77.1 Å². The van der Waals surface area contributed by atoms with E-state index in [1.54, 1.807) is 0 Å². The third-order valence-corrected chi connectivity index (χ3v) is 8.76. The summed E-state index contributed by atoms with van der Waals surface area (Å²) >= 11 is 0. The van der Waals surface area contributed by atoms with Gasteiger partial charge in [0.25, 0.3) is 5.91 Å². The normalized spacial score (nSPS) is 21.3. The Kier molecular flexibility index (Phi) is 9.67. The third-order valence-electron chi connectivity index (χ3n) is 8.76. The molecule has 0 bridgehead atoms. The van der Waals surface area contributed by atoms with Gasteiger partial charge in [0, 0.05) is 50.4 Å². The quantitative estimate of drug-likeness (QED) is 0.316. The molecule has 3 aromatic rings. The van der Waals surface area contributed by atoms with Crippen molar-refractivity contribution in [2.75, 3.05) is 39.3 Å². The van der Waals surface area contributed by atoms with E-state index in [0.29, 0.717) is 31.4 Å². The largest absolute Gasteiger partial charge is 0.416 e. The fourth-order valence-corrected chi connectivity index (χ4v) is 6.47. The van der Waals surface area contributed by atoms with Crippen LogP contribution in [0.2, 0.25) is 0 Å². The molecular formula is C33H35F6N3O2. The molecular weight excluding hydrogens is 584 g/mol. The van der Waals surface area contributed by atoms with Gasteiger partial charge in [0.05, 0.1) is 23.8 Å². The van der Waals surface area contributed by atoms with Crippen molar-refractivity contribution in [1.82, 2.24) is 14.7 Å². The number of amides is 1. The Morgan fingerprint density at radius 1 is 0.795 bits per heavy atom. The first-order chi connectivity index (χ1) is 20.9. The van der Waals surface area contributed by atoms with Gasteiger partial charge >= 0.3 is 12.4 Å². The fraction of sp³-hybridized carbons (Fsp3) is 0.424. The highest BCUT2D eigenvalue weighted by Gasteiger charge is 2.40. The van der Waals surface area contributed by atoms with Gasteiger partial charge in [-0.25, -0.2) is 0 Å². The zero-order valence-corrected chi connectivity index (χ0v) is 24.1. The second-order valence-electron chi connectivity index (χ2n) is 11.5. The van der Waals surface area contributed by atoms with E-state index in [2.05, 4.69) is 9.80 Å². The lowest BCUT2D eigenvalue weighted by molar-refractivity contribution is -0.143. The van der Waals surface area contributed by atoms with Crippen LogP contribution in [0.5, 0.6) is 0 Å². The van der Waals surface area contributed by atoms with Crippen LogP contribution >= 0.6 is 0 Å². The van der Waals surface area contributed by atoms with E-state index in [1.165, 1.54) is 4.90 Å². The third kappa shape index (κ3) is 7.44. The Bertz CT molecular complexity index is 1360. The molecule has 5 rings (SSSR count). The first-order valence-corrected chi connectivity index (χ1v) is 14.7. The van der Waals surface area contributed by atoms with Gasteiger partial charge in [-0.1, -0.05) is 60.7 Å². The summed E-state index contributed by atoms with van der Waals surface area (Å²) in [6.07, 6.45) is -8.57. The summed E-state index contributed by atoms with van der Waals surface area (Å²) in [6.45, 7) is 3.14. The minimum atomic E-state index is -5.04. The van der Waals surface area contributed by atoms with Gasteiger partial charge in [0.15, 0.2) is 0 Å². The molecule has 0 aliphatic carbocycles. The van der Waals surface area contributed by atoms with Crippen LogP contribution in [0.3, 0.4) is 0 Å². The van der Waals surface area contributed by atoms with Crippen LogP contribution in [0.1, 0.15) is 51.5 Å². The molecule has 2 saturated heterocycles. The topological polar surface area (TPSA) is 47.0 Å². The summed E-state index contributed by atoms with van der Waals surface area (Å²) in [4.78, 5) is 19.7. The molecule has 236 valence electrons. The average Bonchev–Trinajstić information content (AvgIpc) is 3.01. The number of alkyl halides is 6. The molecule has 0 radical (unpaired) electrons. The highest BCUT2D eigenvalue weighted by atomic mass is 19.4. The van der Waals surface area contributed by atoms with Gasteiger partial charge in [-0.2, -0.15) is 26.3 Å². The lowest BCUT2D eigenvalue weighted by atomic mass is 9.90. The van der Waals surface area contributed by atoms with Crippen molar-refractivity contribution in [3.05, 3.63) is 107 Å². The first kappa shape index (κ1) is 32.0. The Labute approximate surface area is 252 Å². The van der Waals surface area contributed by atoms with E-state index in [9.17, 15) is 36.2 Å². The number of benzene rings is 3. The predicted molar refractivity (Wildman–Crippen MR) is 154 cm³/mol. The van der Waals surface area contributed by atoms with Gasteiger partial charge in [0.2, 0.25) is 0 Å². The number of carbonyl (C=O) groups is 1. The van der Waals surface area contributed by atoms with Crippen molar-refractivity contribution in [3.63, 3.8) is 0 Å². The summed E-state index contributed by atoms with van der Waals surface area (Å²) < 4.78 is 81.3. The minimum absolute atomic E-state index is 0.00471. The maximum atomic E-state index is 13.7. The van der Waals surface area contributed by atoms with Crippen LogP contribution in [-0.2, 0) is 18.8 Å². The highest BCUT2D eigenvalue weighted by molar-refractivity contribution is 5.95. The Hall–Kier alpha value is -3.41. The summed E-state index contributed by atoms with van der Waals surface area (Å²) in [5, 5.41) is 10.1. The van der Waals surface area contributed by atoms with Gasteiger partial charge in [-0.3, -0.25) is 14.6 Å². The van der Waals surface area contributed by atoms with Crippen LogP contribution in [0.4, 0.5) is 26.3 Å². The van der Waals surface area contributed by atoms with Crippen molar-refractivity contribution in [2.24, 2.45) is 0 Å². The van der Waals surface area contributed by atoms with Crippen LogP contribution in [0.25, 0.3) is 0 Å². The molecule has 3 atom stereocenters. The van der Waals surface area contributed by atoms with Crippen molar-refractivity contribution in [2.45, 2.75) is 49.7 Å². The monoisotopic (exact) mass is 619 g/mol. The number of aliphatic hydroxyl groups is 1. The predicted octanol–water partition coefficient (Wildman–Crippen LogP) is 6.29. The number of carbonyl (C=O) groups excluding carboxylic acids is 1. The second-order valence-corrected chi connectivity index (χ2v) is 11.5. The Morgan fingerprint density at radius 3 is 1.91 bits per heavy atom. The minimum Gasteiger partial charge on any atom is -0.394 e. The lowest BCUT2D eigenvalue weighted by Crippen LogP contribution is -2.57. The van der Waals surface area contributed by atoms with E-state index < -0.39 is 41.0 Å². The lowest BCUT2D eigenvalue weighted by Gasteiger charge is -2.47. The molecule has 0 spiro atoms. The van der Waals surface area contributed by atoms with Gasteiger partial charge < -0.3 is 10.0 Å². The van der Waals surface area contributed by atoms with Gasteiger partial charge in [-0.05, 0) is 48.6 Å². The summed E-state index contributed by atoms with van der Waals surface area (Å²) in [6, 6.07) is 19.8. The molecule has 3 unspecified atom stereocenters. The van der Waals surface area contributed by atoms with E-state index in [0.717, 1.165) is 37.3 Å². The SMILES string of the molecule is O=C(c1cc(C(F)(F)F)cc(C(F)(F)F)c1)N1CCC(N2CCN(C(CO)c3ccccc3)CC2)CC1Cc1ccccc1. The molecule has 0 saturated carbocycles. The number of piperidine rings is 1. The number of rotatable bonds is 7. The zero-order valence-electron chi connectivity index (χ0n) is 24.1. The molecule has 0 aromatic heterocycles. The molecule has 1 amide bonds. The number of halogens is 6. The van der Waals surface area contributed by atoms with Crippen molar-refractivity contribution >= 4 is 5.91 Å². The fourth-order valence-electron chi connectivity index (χ4n) is 6.47. The molecule has 44 heavy (non-hydrogen) atoms. The molecule has 11 heteroatoms. The Balaban J connectivity index is 1.34. The number of hydrogen-bond acceptors (Lipinski definition) is 4. The van der Waals surface area contributed by atoms with Crippen LogP contribution in [0.15, 0.2) is 78.9 Å². The van der Waals surface area contributed by atoms with Gasteiger partial charge in [0.1, 0.15) is 0 Å². The molecule has 2 fully saturated rings. The maximum Gasteiger partial charge on any atom is 0.416 e. The average molecular weight is 620 g/mol. The molecule has 2 aliphatic heterocycles. The number of nitrogens with zero attached hydrogens (tertiary/aromatic N) is 3. The van der Waals surface area contributed by atoms with Gasteiger partial charge in [-0.15, -0.1) is 0 Å². The number of likely N-dealkylation sites (tertiary alicyclic amines) is 1. The molecule has 2 heterocycles. The Morgan fingerprint density at radius 2 is 1.36 bits per heavy atom. The first-order valence-electron chi connectivity index (χ1n) is 14.7. The van der Waals surface area contributed by atoms with Crippen molar-refractivity contribution in [1.29, 1.82) is 0 Å². The summed E-state index contributed by atoms with van der Waals surface area (Å²) in [5.74, 6) is -0.834. The van der Waals surface area contributed by atoms with E-state index in [1.807, 2.05) is 60.7 Å². The smallest absolute Gasteiger partial charge is 0.394 e. The summed E-state index contributed by atoms with van der Waals surface area (Å²) in [7, 11) is 0. The highest BCUT2D eigenvalue weighted by Crippen LogP contribution is 2.37. The molecule has 2 aliphatic rings. The van der Waals surface area contributed by atoms with E-state index in [4.69, 9.17) is 0 Å². The number of aliphatic hydroxyl groups excluding tert-OH is 1. The molecule has 3 aromatic carbocycles. The van der Waals surface area contributed by atoms with Crippen LogP contribution < -0.4 is 0 Å². The number of hydrogen-bond donors (Lipinski definition) is 1. The maximum absolute atomic E-state index is 13.7. The van der Waals surface area contributed by atoms with Crippen molar-refractivity contribution < 1.29 is 36.2 Å². The number of piperazine rings is 1. The van der Waals surface area contributed by atoms with Crippen LogP contribution in [0, 0.1) is 0 Å². The molecule has 5 nitrogen and oxygen atoms in total. The molecule has 1 N–H and O–H groups in total. The van der Waals surface area contributed by atoms with Crippen molar-refractivity contribution in [3.8, 4) is 0 Å². The second kappa shape index (κ2) is 13.3.